The van der Waals surface area contributed by atoms with E-state index in [-0.39, 0.29) is 0 Å². The smallest absolute Gasteiger partial charge is 0.312 e. The highest BCUT2D eigenvalue weighted by Gasteiger charge is 2.20. The number of pyridine rings is 1. The van der Waals surface area contributed by atoms with Gasteiger partial charge in [0.15, 0.2) is 6.29 Å². The van der Waals surface area contributed by atoms with Crippen LogP contribution in [0.5, 0.6) is 5.88 Å². The monoisotopic (exact) mass is 223 g/mol. The zero-order valence-corrected chi connectivity index (χ0v) is 9.39. The standard InChI is InChI=1S/C11H13NO4/c1-7(11(14)16-3)9-4-10(15-2)12-5-8(9)6-13/h4-7H,1-3H3. The third-order valence-corrected chi connectivity index (χ3v) is 2.30. The van der Waals surface area contributed by atoms with Gasteiger partial charge in [0.2, 0.25) is 5.88 Å². The molecule has 0 radical (unpaired) electrons. The van der Waals surface area contributed by atoms with E-state index < -0.39 is 11.9 Å². The van der Waals surface area contributed by atoms with Gasteiger partial charge in [0, 0.05) is 17.8 Å². The fraction of sp³-hybridized carbons (Fsp3) is 0.364. The van der Waals surface area contributed by atoms with E-state index in [0.717, 1.165) is 0 Å². The fourth-order valence-corrected chi connectivity index (χ4v) is 1.35. The number of hydrogen-bond acceptors (Lipinski definition) is 5. The van der Waals surface area contributed by atoms with Crippen molar-refractivity contribution in [3.05, 3.63) is 23.4 Å². The molecule has 0 aliphatic heterocycles. The van der Waals surface area contributed by atoms with Gasteiger partial charge in [-0.05, 0) is 12.5 Å². The second-order valence-corrected chi connectivity index (χ2v) is 3.22. The van der Waals surface area contributed by atoms with Crippen molar-refractivity contribution >= 4 is 12.3 Å². The summed E-state index contributed by atoms with van der Waals surface area (Å²) in [5, 5.41) is 0. The lowest BCUT2D eigenvalue weighted by atomic mass is 9.98. The number of ether oxygens (including phenoxy) is 2. The van der Waals surface area contributed by atoms with E-state index in [1.165, 1.54) is 20.4 Å². The molecular weight excluding hydrogens is 210 g/mol. The Labute approximate surface area is 93.4 Å². The molecule has 5 heteroatoms. The van der Waals surface area contributed by atoms with Crippen molar-refractivity contribution in [3.63, 3.8) is 0 Å². The predicted molar refractivity (Wildman–Crippen MR) is 56.6 cm³/mol. The van der Waals surface area contributed by atoms with Crippen molar-refractivity contribution in [2.45, 2.75) is 12.8 Å². The zero-order chi connectivity index (χ0) is 12.1. The number of nitrogens with zero attached hydrogens (tertiary/aromatic N) is 1. The van der Waals surface area contributed by atoms with Gasteiger partial charge in [-0.3, -0.25) is 9.59 Å². The van der Waals surface area contributed by atoms with Crippen LogP contribution >= 0.6 is 0 Å². The molecule has 1 heterocycles. The topological polar surface area (TPSA) is 65.5 Å². The summed E-state index contributed by atoms with van der Waals surface area (Å²) < 4.78 is 9.56. The summed E-state index contributed by atoms with van der Waals surface area (Å²) in [6.45, 7) is 1.66. The van der Waals surface area contributed by atoms with Crippen molar-refractivity contribution in [1.82, 2.24) is 4.98 Å². The summed E-state index contributed by atoms with van der Waals surface area (Å²) in [5.41, 5.74) is 0.910. The Morgan fingerprint density at radius 3 is 2.69 bits per heavy atom. The SMILES string of the molecule is COC(=O)C(C)c1cc(OC)ncc1C=O. The number of esters is 1. The molecule has 86 valence electrons. The molecule has 0 saturated heterocycles. The number of aldehydes is 1. The lowest BCUT2D eigenvalue weighted by Gasteiger charge is -2.12. The van der Waals surface area contributed by atoms with E-state index in [9.17, 15) is 9.59 Å². The average Bonchev–Trinajstić information content (AvgIpc) is 2.35. The van der Waals surface area contributed by atoms with Gasteiger partial charge >= 0.3 is 5.97 Å². The molecule has 1 aromatic heterocycles. The molecule has 0 N–H and O–H groups in total. The molecule has 1 atom stereocenters. The minimum absolute atomic E-state index is 0.358. The molecule has 0 fully saturated rings. The van der Waals surface area contributed by atoms with Gasteiger partial charge in [-0.25, -0.2) is 4.98 Å². The third-order valence-electron chi connectivity index (χ3n) is 2.30. The first-order valence-corrected chi connectivity index (χ1v) is 4.71. The molecule has 5 nitrogen and oxygen atoms in total. The van der Waals surface area contributed by atoms with E-state index in [2.05, 4.69) is 9.72 Å². The maximum atomic E-state index is 11.4. The van der Waals surface area contributed by atoms with E-state index in [0.29, 0.717) is 23.3 Å². The molecule has 0 bridgehead atoms. The minimum Gasteiger partial charge on any atom is -0.481 e. The van der Waals surface area contributed by atoms with Crippen LogP contribution in [0.3, 0.4) is 0 Å². The van der Waals surface area contributed by atoms with E-state index in [1.54, 1.807) is 13.0 Å². The van der Waals surface area contributed by atoms with Crippen LogP contribution in [0, 0.1) is 0 Å². The fourth-order valence-electron chi connectivity index (χ4n) is 1.35. The quantitative estimate of drug-likeness (QED) is 0.566. The molecule has 0 amide bonds. The van der Waals surface area contributed by atoms with Crippen LogP contribution in [0.15, 0.2) is 12.3 Å². The Kier molecular flexibility index (Phi) is 3.99. The molecule has 0 spiro atoms. The first kappa shape index (κ1) is 12.2. The van der Waals surface area contributed by atoms with Gasteiger partial charge in [0.05, 0.1) is 20.1 Å². The van der Waals surface area contributed by atoms with E-state index in [1.807, 2.05) is 0 Å². The maximum absolute atomic E-state index is 11.4. The number of carbonyl (C=O) groups is 2. The number of methoxy groups -OCH3 is 2. The molecule has 0 saturated carbocycles. The first-order valence-electron chi connectivity index (χ1n) is 4.71. The average molecular weight is 223 g/mol. The van der Waals surface area contributed by atoms with Crippen LogP contribution in [0.4, 0.5) is 0 Å². The van der Waals surface area contributed by atoms with Crippen molar-refractivity contribution in [2.24, 2.45) is 0 Å². The van der Waals surface area contributed by atoms with Gasteiger partial charge in [0.1, 0.15) is 0 Å². The Morgan fingerprint density at radius 2 is 2.19 bits per heavy atom. The summed E-state index contributed by atoms with van der Waals surface area (Å²) in [7, 11) is 2.77. The summed E-state index contributed by atoms with van der Waals surface area (Å²) in [4.78, 5) is 26.1. The third kappa shape index (κ3) is 2.36. The zero-order valence-electron chi connectivity index (χ0n) is 9.39. The lowest BCUT2D eigenvalue weighted by Crippen LogP contribution is -2.13. The summed E-state index contributed by atoms with van der Waals surface area (Å²) >= 11 is 0. The molecule has 0 aliphatic rings. The Bertz CT molecular complexity index is 403. The van der Waals surface area contributed by atoms with Crippen LogP contribution in [0.1, 0.15) is 28.8 Å². The van der Waals surface area contributed by atoms with Crippen molar-refractivity contribution < 1.29 is 19.1 Å². The molecule has 1 rings (SSSR count). The summed E-state index contributed by atoms with van der Waals surface area (Å²) in [6.07, 6.45) is 2.03. The number of carbonyl (C=O) groups excluding carboxylic acids is 2. The Morgan fingerprint density at radius 1 is 1.50 bits per heavy atom. The van der Waals surface area contributed by atoms with Gasteiger partial charge in [0.25, 0.3) is 0 Å². The van der Waals surface area contributed by atoms with Crippen LogP contribution in [-0.2, 0) is 9.53 Å². The highest BCUT2D eigenvalue weighted by Crippen LogP contribution is 2.23. The van der Waals surface area contributed by atoms with Crippen molar-refractivity contribution in [2.75, 3.05) is 14.2 Å². The van der Waals surface area contributed by atoms with E-state index >= 15 is 0 Å². The maximum Gasteiger partial charge on any atom is 0.312 e. The number of aromatic nitrogens is 1. The second-order valence-electron chi connectivity index (χ2n) is 3.22. The molecule has 0 aromatic carbocycles. The number of hydrogen-bond donors (Lipinski definition) is 0. The normalized spacial score (nSPS) is 11.7. The molecule has 1 aromatic rings. The van der Waals surface area contributed by atoms with Crippen molar-refractivity contribution in [3.8, 4) is 5.88 Å². The second kappa shape index (κ2) is 5.25. The highest BCUT2D eigenvalue weighted by molar-refractivity contribution is 5.84. The lowest BCUT2D eigenvalue weighted by molar-refractivity contribution is -0.141. The Hall–Kier alpha value is -1.91. The summed E-state index contributed by atoms with van der Waals surface area (Å²) in [6, 6.07) is 1.56. The van der Waals surface area contributed by atoms with Crippen LogP contribution in [-0.4, -0.2) is 31.5 Å². The molecular formula is C11H13NO4. The first-order chi connectivity index (χ1) is 7.63. The van der Waals surface area contributed by atoms with Crippen LogP contribution in [0.25, 0.3) is 0 Å². The number of rotatable bonds is 4. The van der Waals surface area contributed by atoms with Crippen LogP contribution < -0.4 is 4.74 Å². The molecule has 16 heavy (non-hydrogen) atoms. The van der Waals surface area contributed by atoms with Gasteiger partial charge in [-0.2, -0.15) is 0 Å². The summed E-state index contributed by atoms with van der Waals surface area (Å²) in [5.74, 6) is -0.574. The van der Waals surface area contributed by atoms with Gasteiger partial charge < -0.3 is 9.47 Å². The van der Waals surface area contributed by atoms with E-state index in [4.69, 9.17) is 4.74 Å². The van der Waals surface area contributed by atoms with Crippen LogP contribution in [0.2, 0.25) is 0 Å². The molecule has 0 aliphatic carbocycles. The minimum atomic E-state index is -0.526. The highest BCUT2D eigenvalue weighted by atomic mass is 16.5. The van der Waals surface area contributed by atoms with Crippen molar-refractivity contribution in [1.29, 1.82) is 0 Å². The Balaban J connectivity index is 3.17. The molecule has 1 unspecified atom stereocenters. The van der Waals surface area contributed by atoms with Gasteiger partial charge in [-0.1, -0.05) is 0 Å². The largest absolute Gasteiger partial charge is 0.481 e. The van der Waals surface area contributed by atoms with Gasteiger partial charge in [-0.15, -0.1) is 0 Å². The predicted octanol–water partition coefficient (Wildman–Crippen LogP) is 1.18.